The lowest BCUT2D eigenvalue weighted by atomic mass is 9.73. The lowest BCUT2D eigenvalue weighted by Crippen LogP contribution is -2.41. The first-order valence-corrected chi connectivity index (χ1v) is 14.8. The van der Waals surface area contributed by atoms with Crippen LogP contribution in [0.2, 0.25) is 0 Å². The number of carbonyl (C=O) groups excluding carboxylic acids is 2. The number of nitrogens with one attached hydrogen (secondary N) is 2. The van der Waals surface area contributed by atoms with Gasteiger partial charge in [-0.25, -0.2) is 0 Å². The number of rotatable bonds is 18. The fourth-order valence-electron chi connectivity index (χ4n) is 5.58. The normalized spacial score (nSPS) is 14.6. The maximum absolute atomic E-state index is 12.6. The molecule has 0 aliphatic heterocycles. The van der Waals surface area contributed by atoms with Crippen molar-refractivity contribution >= 4 is 11.8 Å². The molecule has 220 valence electrons. The first-order valence-electron chi connectivity index (χ1n) is 14.8. The molecule has 0 spiro atoms. The molecule has 1 atom stereocenters. The molecule has 2 N–H and O–H groups in total. The van der Waals surface area contributed by atoms with Crippen molar-refractivity contribution in [2.75, 3.05) is 52.4 Å². The van der Waals surface area contributed by atoms with Crippen LogP contribution in [0.1, 0.15) is 115 Å². The fraction of sp³-hybridized carbons (Fsp3) is 0.935. The van der Waals surface area contributed by atoms with E-state index in [0.717, 1.165) is 65.1 Å². The van der Waals surface area contributed by atoms with E-state index in [1.165, 1.54) is 0 Å². The van der Waals surface area contributed by atoms with E-state index >= 15 is 0 Å². The molecule has 0 aromatic heterocycles. The van der Waals surface area contributed by atoms with Crippen molar-refractivity contribution in [3.05, 3.63) is 0 Å². The number of likely N-dealkylation sites (N-methyl/N-ethyl adjacent to an activating group) is 2. The first-order chi connectivity index (χ1) is 16.8. The van der Waals surface area contributed by atoms with Gasteiger partial charge in [-0.05, 0) is 54.0 Å². The summed E-state index contributed by atoms with van der Waals surface area (Å²) >= 11 is 0. The SMILES string of the molecule is CCN(CCC(=O)NCC(C)(C)CC(C)(C)C)CCN(CC)CCC(=O)NCC(C)(CC)CC(C)(C)C. The predicted molar refractivity (Wildman–Crippen MR) is 160 cm³/mol. The predicted octanol–water partition coefficient (Wildman–Crippen LogP) is 5.96. The molecule has 0 radical (unpaired) electrons. The van der Waals surface area contributed by atoms with Gasteiger partial charge in [0, 0.05) is 52.1 Å². The van der Waals surface area contributed by atoms with E-state index in [0.29, 0.717) is 19.4 Å². The van der Waals surface area contributed by atoms with Gasteiger partial charge < -0.3 is 20.4 Å². The summed E-state index contributed by atoms with van der Waals surface area (Å²) in [6.45, 7) is 33.5. The summed E-state index contributed by atoms with van der Waals surface area (Å²) in [7, 11) is 0. The average molecular weight is 525 g/mol. The number of carbonyl (C=O) groups is 2. The average Bonchev–Trinajstić information content (AvgIpc) is 2.75. The smallest absolute Gasteiger partial charge is 0.221 e. The van der Waals surface area contributed by atoms with Gasteiger partial charge in [0.25, 0.3) is 0 Å². The van der Waals surface area contributed by atoms with Gasteiger partial charge in [0.05, 0.1) is 0 Å². The summed E-state index contributed by atoms with van der Waals surface area (Å²) in [6, 6.07) is 0. The summed E-state index contributed by atoms with van der Waals surface area (Å²) in [5.41, 5.74) is 0.729. The van der Waals surface area contributed by atoms with E-state index in [1.54, 1.807) is 0 Å². The van der Waals surface area contributed by atoms with Crippen LogP contribution in [-0.2, 0) is 9.59 Å². The highest BCUT2D eigenvalue weighted by atomic mass is 16.2. The Bertz CT molecular complexity index is 663. The first kappa shape index (κ1) is 35.9. The molecule has 6 nitrogen and oxygen atoms in total. The highest BCUT2D eigenvalue weighted by Gasteiger charge is 2.29. The fourth-order valence-corrected chi connectivity index (χ4v) is 5.58. The van der Waals surface area contributed by atoms with Crippen LogP contribution in [0.3, 0.4) is 0 Å². The lowest BCUT2D eigenvalue weighted by molar-refractivity contribution is -0.123. The monoisotopic (exact) mass is 525 g/mol. The molecular weight excluding hydrogens is 460 g/mol. The molecule has 0 aliphatic rings. The second-order valence-corrected chi connectivity index (χ2v) is 14.7. The summed E-state index contributed by atoms with van der Waals surface area (Å²) in [6.07, 6.45) is 4.28. The van der Waals surface area contributed by atoms with Crippen LogP contribution in [0.5, 0.6) is 0 Å². The van der Waals surface area contributed by atoms with Gasteiger partial charge in [0.1, 0.15) is 0 Å². The topological polar surface area (TPSA) is 64.7 Å². The van der Waals surface area contributed by atoms with Crippen LogP contribution in [0.15, 0.2) is 0 Å². The molecule has 6 heteroatoms. The Labute approximate surface area is 231 Å². The summed E-state index contributed by atoms with van der Waals surface area (Å²) in [5.74, 6) is 0.278. The molecule has 0 saturated heterocycles. The van der Waals surface area contributed by atoms with Crippen molar-refractivity contribution in [2.45, 2.75) is 115 Å². The minimum atomic E-state index is 0.0913. The lowest BCUT2D eigenvalue weighted by Gasteiger charge is -2.35. The van der Waals surface area contributed by atoms with Crippen molar-refractivity contribution in [1.82, 2.24) is 20.4 Å². The number of amides is 2. The second kappa shape index (κ2) is 16.1. The van der Waals surface area contributed by atoms with Gasteiger partial charge in [0.15, 0.2) is 0 Å². The van der Waals surface area contributed by atoms with Crippen LogP contribution in [0, 0.1) is 21.7 Å². The van der Waals surface area contributed by atoms with Crippen molar-refractivity contribution < 1.29 is 9.59 Å². The Balaban J connectivity index is 4.45. The molecule has 1 unspecified atom stereocenters. The number of hydrogen-bond acceptors (Lipinski definition) is 4. The second-order valence-electron chi connectivity index (χ2n) is 14.7. The van der Waals surface area contributed by atoms with E-state index in [9.17, 15) is 9.59 Å². The molecule has 0 aliphatic carbocycles. The molecule has 0 bridgehead atoms. The molecule has 0 aromatic rings. The van der Waals surface area contributed by atoms with E-state index in [-0.39, 0.29) is 33.5 Å². The van der Waals surface area contributed by atoms with Crippen LogP contribution < -0.4 is 10.6 Å². The maximum atomic E-state index is 12.6. The minimum absolute atomic E-state index is 0.0913. The number of nitrogens with zero attached hydrogens (tertiary/aromatic N) is 2. The molecule has 0 heterocycles. The third-order valence-corrected chi connectivity index (χ3v) is 7.23. The van der Waals surface area contributed by atoms with Crippen LogP contribution in [0.25, 0.3) is 0 Å². The third kappa shape index (κ3) is 18.7. The van der Waals surface area contributed by atoms with Crippen LogP contribution >= 0.6 is 0 Å². The van der Waals surface area contributed by atoms with Gasteiger partial charge in [-0.3, -0.25) is 9.59 Å². The Morgan fingerprint density at radius 3 is 1.35 bits per heavy atom. The zero-order valence-electron chi connectivity index (χ0n) is 26.9. The zero-order chi connectivity index (χ0) is 28.9. The van der Waals surface area contributed by atoms with E-state index in [2.05, 4.69) is 104 Å². The molecule has 0 aromatic carbocycles. The van der Waals surface area contributed by atoms with Gasteiger partial charge in [0.2, 0.25) is 11.8 Å². The summed E-state index contributed by atoms with van der Waals surface area (Å²) in [4.78, 5) is 29.7. The minimum Gasteiger partial charge on any atom is -0.356 e. The van der Waals surface area contributed by atoms with Crippen molar-refractivity contribution in [1.29, 1.82) is 0 Å². The van der Waals surface area contributed by atoms with Gasteiger partial charge in [-0.1, -0.05) is 83.1 Å². The quantitative estimate of drug-likeness (QED) is 0.232. The highest BCUT2D eigenvalue weighted by Crippen LogP contribution is 2.35. The van der Waals surface area contributed by atoms with Gasteiger partial charge in [-0.2, -0.15) is 0 Å². The van der Waals surface area contributed by atoms with Crippen molar-refractivity contribution in [2.24, 2.45) is 21.7 Å². The molecule has 0 fully saturated rings. The largest absolute Gasteiger partial charge is 0.356 e. The number of hydrogen-bond donors (Lipinski definition) is 2. The summed E-state index contributed by atoms with van der Waals surface area (Å²) in [5, 5.41) is 6.35. The zero-order valence-corrected chi connectivity index (χ0v) is 26.9. The van der Waals surface area contributed by atoms with E-state index < -0.39 is 0 Å². The van der Waals surface area contributed by atoms with E-state index in [4.69, 9.17) is 0 Å². The van der Waals surface area contributed by atoms with Crippen molar-refractivity contribution in [3.8, 4) is 0 Å². The molecule has 0 saturated carbocycles. The molecule has 37 heavy (non-hydrogen) atoms. The summed E-state index contributed by atoms with van der Waals surface area (Å²) < 4.78 is 0. The van der Waals surface area contributed by atoms with Gasteiger partial charge >= 0.3 is 0 Å². The highest BCUT2D eigenvalue weighted by molar-refractivity contribution is 5.76. The standard InChI is InChI=1S/C31H64N4O2/c1-13-31(12,23-29(7,8)9)25-33-27(37)17-19-35(15-3)21-20-34(14-2)18-16-26(36)32-24-30(10,11)22-28(4,5)6/h13-25H2,1-12H3,(H,32,36)(H,33,37). The Morgan fingerprint density at radius 2 is 1.00 bits per heavy atom. The van der Waals surface area contributed by atoms with Crippen molar-refractivity contribution in [3.63, 3.8) is 0 Å². The van der Waals surface area contributed by atoms with Gasteiger partial charge in [-0.15, -0.1) is 0 Å². The molecule has 2 amide bonds. The molecule has 0 rings (SSSR count). The Kier molecular flexibility index (Phi) is 15.6. The van der Waals surface area contributed by atoms with Crippen LogP contribution in [0.4, 0.5) is 0 Å². The Morgan fingerprint density at radius 1 is 0.595 bits per heavy atom. The third-order valence-electron chi connectivity index (χ3n) is 7.23. The van der Waals surface area contributed by atoms with Crippen LogP contribution in [-0.4, -0.2) is 74.0 Å². The van der Waals surface area contributed by atoms with E-state index in [1.807, 2.05) is 0 Å². The maximum Gasteiger partial charge on any atom is 0.221 e. The Hall–Kier alpha value is -1.14. The molecular formula is C31H64N4O2.